The van der Waals surface area contributed by atoms with Gasteiger partial charge in [0.1, 0.15) is 5.82 Å². The van der Waals surface area contributed by atoms with Crippen molar-refractivity contribution in [3.05, 3.63) is 71.5 Å². The Hall–Kier alpha value is -1.95. The molecule has 2 rings (SSSR count). The molecule has 3 unspecified atom stereocenters. The van der Waals surface area contributed by atoms with E-state index in [1.165, 1.54) is 18.2 Å². The minimum Gasteiger partial charge on any atom is -0.387 e. The first kappa shape index (κ1) is 20.1. The van der Waals surface area contributed by atoms with Gasteiger partial charge in [0.2, 0.25) is 5.91 Å². The maximum absolute atomic E-state index is 13.1. The Labute approximate surface area is 147 Å². The largest absolute Gasteiger partial charge is 0.387 e. The van der Waals surface area contributed by atoms with Gasteiger partial charge in [-0.05, 0) is 23.3 Å². The lowest BCUT2D eigenvalue weighted by atomic mass is 9.94. The SMILES string of the molecule is CC(C(=O)NCC(O)c1cccc(F)c1)C(N)c1ccccc1.Cl. The Morgan fingerprint density at radius 2 is 1.79 bits per heavy atom. The molecular formula is C18H22ClFN2O2. The second kappa shape index (κ2) is 9.37. The summed E-state index contributed by atoms with van der Waals surface area (Å²) in [4.78, 5) is 12.2. The van der Waals surface area contributed by atoms with E-state index in [1.54, 1.807) is 13.0 Å². The molecule has 3 atom stereocenters. The van der Waals surface area contributed by atoms with Crippen LogP contribution in [0.1, 0.15) is 30.2 Å². The summed E-state index contributed by atoms with van der Waals surface area (Å²) in [6.07, 6.45) is -0.963. The average molecular weight is 353 g/mol. The Morgan fingerprint density at radius 1 is 1.17 bits per heavy atom. The molecule has 0 heterocycles. The van der Waals surface area contributed by atoms with Gasteiger partial charge in [-0.1, -0.05) is 49.4 Å². The van der Waals surface area contributed by atoms with Crippen LogP contribution in [0, 0.1) is 11.7 Å². The van der Waals surface area contributed by atoms with Crippen LogP contribution >= 0.6 is 12.4 Å². The van der Waals surface area contributed by atoms with E-state index in [-0.39, 0.29) is 24.9 Å². The van der Waals surface area contributed by atoms with E-state index in [9.17, 15) is 14.3 Å². The zero-order chi connectivity index (χ0) is 16.8. The lowest BCUT2D eigenvalue weighted by molar-refractivity contribution is -0.125. The van der Waals surface area contributed by atoms with Gasteiger partial charge >= 0.3 is 0 Å². The number of benzene rings is 2. The van der Waals surface area contributed by atoms with Crippen molar-refractivity contribution in [3.63, 3.8) is 0 Å². The molecule has 0 spiro atoms. The van der Waals surface area contributed by atoms with Crippen LogP contribution < -0.4 is 11.1 Å². The van der Waals surface area contributed by atoms with E-state index in [1.807, 2.05) is 30.3 Å². The maximum atomic E-state index is 13.1. The first-order chi connectivity index (χ1) is 11.0. The first-order valence-corrected chi connectivity index (χ1v) is 7.51. The summed E-state index contributed by atoms with van der Waals surface area (Å²) in [6.45, 7) is 1.75. The van der Waals surface area contributed by atoms with Crippen molar-refractivity contribution in [3.8, 4) is 0 Å². The number of aliphatic hydroxyl groups excluding tert-OH is 1. The van der Waals surface area contributed by atoms with Crippen LogP contribution in [0.25, 0.3) is 0 Å². The highest BCUT2D eigenvalue weighted by Gasteiger charge is 2.22. The number of amides is 1. The minimum absolute atomic E-state index is 0. The molecule has 6 heteroatoms. The molecule has 1 amide bonds. The second-order valence-electron chi connectivity index (χ2n) is 5.54. The molecule has 2 aromatic rings. The normalized spacial score (nSPS) is 14.2. The monoisotopic (exact) mass is 352 g/mol. The summed E-state index contributed by atoms with van der Waals surface area (Å²) in [7, 11) is 0. The predicted octanol–water partition coefficient (Wildman–Crippen LogP) is 2.73. The van der Waals surface area contributed by atoms with Crippen molar-refractivity contribution in [1.82, 2.24) is 5.32 Å². The van der Waals surface area contributed by atoms with Gasteiger partial charge in [-0.15, -0.1) is 12.4 Å². The van der Waals surface area contributed by atoms with E-state index in [0.29, 0.717) is 5.56 Å². The summed E-state index contributed by atoms with van der Waals surface area (Å²) >= 11 is 0. The topological polar surface area (TPSA) is 75.3 Å². The Bertz CT molecular complexity index is 654. The maximum Gasteiger partial charge on any atom is 0.224 e. The number of carbonyl (C=O) groups is 1. The highest BCUT2D eigenvalue weighted by atomic mass is 35.5. The van der Waals surface area contributed by atoms with Crippen LogP contribution in [0.15, 0.2) is 54.6 Å². The van der Waals surface area contributed by atoms with Gasteiger partial charge in [-0.3, -0.25) is 4.79 Å². The fourth-order valence-corrected chi connectivity index (χ4v) is 2.32. The lowest BCUT2D eigenvalue weighted by Gasteiger charge is -2.21. The number of rotatable bonds is 6. The molecule has 0 fully saturated rings. The molecule has 2 aromatic carbocycles. The van der Waals surface area contributed by atoms with Crippen molar-refractivity contribution < 1.29 is 14.3 Å². The summed E-state index contributed by atoms with van der Waals surface area (Å²) in [5, 5.41) is 12.7. The number of aliphatic hydroxyl groups is 1. The molecule has 0 saturated heterocycles. The highest BCUT2D eigenvalue weighted by molar-refractivity contribution is 5.85. The van der Waals surface area contributed by atoms with Gasteiger partial charge in [0, 0.05) is 12.6 Å². The van der Waals surface area contributed by atoms with Crippen LogP contribution in [-0.4, -0.2) is 17.6 Å². The molecule has 0 radical (unpaired) electrons. The molecule has 4 nitrogen and oxygen atoms in total. The van der Waals surface area contributed by atoms with Crippen LogP contribution in [0.3, 0.4) is 0 Å². The number of nitrogens with two attached hydrogens (primary N) is 1. The zero-order valence-corrected chi connectivity index (χ0v) is 14.2. The fourth-order valence-electron chi connectivity index (χ4n) is 2.32. The number of carbonyl (C=O) groups excluding carboxylic acids is 1. The molecular weight excluding hydrogens is 331 g/mol. The van der Waals surface area contributed by atoms with E-state index in [0.717, 1.165) is 5.56 Å². The molecule has 4 N–H and O–H groups in total. The number of hydrogen-bond donors (Lipinski definition) is 3. The second-order valence-corrected chi connectivity index (χ2v) is 5.54. The quantitative estimate of drug-likeness (QED) is 0.748. The van der Waals surface area contributed by atoms with Crippen LogP contribution in [0.5, 0.6) is 0 Å². The molecule has 130 valence electrons. The van der Waals surface area contributed by atoms with Crippen molar-refractivity contribution in [2.45, 2.75) is 19.1 Å². The third kappa shape index (κ3) is 5.30. The molecule has 0 aromatic heterocycles. The van der Waals surface area contributed by atoms with Crippen molar-refractivity contribution >= 4 is 18.3 Å². The molecule has 0 aliphatic heterocycles. The summed E-state index contributed by atoms with van der Waals surface area (Å²) in [5.74, 6) is -1.12. The van der Waals surface area contributed by atoms with E-state index in [4.69, 9.17) is 5.73 Å². The van der Waals surface area contributed by atoms with Gasteiger partial charge < -0.3 is 16.2 Å². The molecule has 24 heavy (non-hydrogen) atoms. The zero-order valence-electron chi connectivity index (χ0n) is 13.4. The highest BCUT2D eigenvalue weighted by Crippen LogP contribution is 2.19. The molecule has 0 bridgehead atoms. The third-order valence-corrected chi connectivity index (χ3v) is 3.84. The lowest BCUT2D eigenvalue weighted by Crippen LogP contribution is -2.37. The van der Waals surface area contributed by atoms with Gasteiger partial charge in [-0.25, -0.2) is 4.39 Å². The summed E-state index contributed by atoms with van der Waals surface area (Å²) in [5.41, 5.74) is 7.40. The van der Waals surface area contributed by atoms with E-state index >= 15 is 0 Å². The fraction of sp³-hybridized carbons (Fsp3) is 0.278. The molecule has 0 aliphatic rings. The molecule has 0 saturated carbocycles. The smallest absolute Gasteiger partial charge is 0.224 e. The Morgan fingerprint density at radius 3 is 2.42 bits per heavy atom. The van der Waals surface area contributed by atoms with Crippen molar-refractivity contribution in [1.29, 1.82) is 0 Å². The average Bonchev–Trinajstić information content (AvgIpc) is 2.58. The van der Waals surface area contributed by atoms with Crippen LogP contribution in [-0.2, 0) is 4.79 Å². The van der Waals surface area contributed by atoms with E-state index < -0.39 is 23.9 Å². The standard InChI is InChI=1S/C18H21FN2O2.ClH/c1-12(17(20)13-6-3-2-4-7-13)18(23)21-11-16(22)14-8-5-9-15(19)10-14;/h2-10,12,16-17,22H,11,20H2,1H3,(H,21,23);1H. The number of nitrogens with one attached hydrogen (secondary N) is 1. The van der Waals surface area contributed by atoms with E-state index in [2.05, 4.69) is 5.32 Å². The van der Waals surface area contributed by atoms with Gasteiger partial charge in [0.25, 0.3) is 0 Å². The van der Waals surface area contributed by atoms with Gasteiger partial charge in [0.05, 0.1) is 12.0 Å². The van der Waals surface area contributed by atoms with Crippen molar-refractivity contribution in [2.24, 2.45) is 11.7 Å². The van der Waals surface area contributed by atoms with Crippen LogP contribution in [0.4, 0.5) is 4.39 Å². The predicted molar refractivity (Wildman–Crippen MR) is 94.2 cm³/mol. The van der Waals surface area contributed by atoms with Crippen LogP contribution in [0.2, 0.25) is 0 Å². The van der Waals surface area contributed by atoms with Gasteiger partial charge in [-0.2, -0.15) is 0 Å². The summed E-state index contributed by atoms with van der Waals surface area (Å²) < 4.78 is 13.1. The summed E-state index contributed by atoms with van der Waals surface area (Å²) in [6, 6.07) is 14.6. The number of hydrogen-bond acceptors (Lipinski definition) is 3. The molecule has 0 aliphatic carbocycles. The Kier molecular flexibility index (Phi) is 7.85. The minimum atomic E-state index is -0.963. The van der Waals surface area contributed by atoms with Gasteiger partial charge in [0.15, 0.2) is 0 Å². The third-order valence-electron chi connectivity index (χ3n) is 3.84. The number of halogens is 2. The van der Waals surface area contributed by atoms with Crippen molar-refractivity contribution in [2.75, 3.05) is 6.54 Å². The first-order valence-electron chi connectivity index (χ1n) is 7.51. The Balaban J connectivity index is 0.00000288.